The highest BCUT2D eigenvalue weighted by Gasteiger charge is 2.18. The maximum absolute atomic E-state index is 13.3. The zero-order valence-electron chi connectivity index (χ0n) is 11.6. The normalized spacial score (nSPS) is 12.0. The van der Waals surface area contributed by atoms with E-state index in [1.807, 2.05) is 11.9 Å². The molecular formula is C12H20FN3O3S. The van der Waals surface area contributed by atoms with E-state index in [0.29, 0.717) is 19.7 Å². The number of methoxy groups -OCH3 is 1. The number of nitrogens with zero attached hydrogens (tertiary/aromatic N) is 1. The minimum absolute atomic E-state index is 0.207. The fourth-order valence-electron chi connectivity index (χ4n) is 1.56. The Morgan fingerprint density at radius 3 is 2.75 bits per heavy atom. The predicted molar refractivity (Wildman–Crippen MR) is 75.4 cm³/mol. The summed E-state index contributed by atoms with van der Waals surface area (Å²) in [5, 5.41) is 0. The highest BCUT2D eigenvalue weighted by molar-refractivity contribution is 7.89. The molecule has 0 saturated carbocycles. The van der Waals surface area contributed by atoms with Crippen LogP contribution in [0.4, 0.5) is 10.1 Å². The van der Waals surface area contributed by atoms with Crippen LogP contribution < -0.4 is 10.5 Å². The number of hydrogen-bond donors (Lipinski definition) is 2. The van der Waals surface area contributed by atoms with Gasteiger partial charge in [0.25, 0.3) is 0 Å². The molecule has 0 radical (unpaired) electrons. The van der Waals surface area contributed by atoms with Crippen LogP contribution in [-0.4, -0.2) is 53.7 Å². The number of hydrogen-bond acceptors (Lipinski definition) is 5. The van der Waals surface area contributed by atoms with Gasteiger partial charge in [-0.3, -0.25) is 0 Å². The lowest BCUT2D eigenvalue weighted by molar-refractivity contribution is 0.162. The molecule has 20 heavy (non-hydrogen) atoms. The molecule has 1 aromatic carbocycles. The molecule has 0 saturated heterocycles. The van der Waals surface area contributed by atoms with E-state index in [4.69, 9.17) is 10.5 Å². The SMILES string of the molecule is COCCN(C)CCNS(=O)(=O)c1cccc(F)c1N. The van der Waals surface area contributed by atoms with Crippen LogP contribution in [0.3, 0.4) is 0 Å². The summed E-state index contributed by atoms with van der Waals surface area (Å²) in [6, 6.07) is 3.70. The molecule has 114 valence electrons. The number of nitrogen functional groups attached to an aromatic ring is 1. The van der Waals surface area contributed by atoms with Gasteiger partial charge in [0.15, 0.2) is 0 Å². The van der Waals surface area contributed by atoms with Crippen molar-refractivity contribution in [1.29, 1.82) is 0 Å². The number of nitrogens with one attached hydrogen (secondary N) is 1. The molecular weight excluding hydrogens is 285 g/mol. The number of anilines is 1. The molecule has 0 aliphatic carbocycles. The Morgan fingerprint density at radius 2 is 2.10 bits per heavy atom. The van der Waals surface area contributed by atoms with E-state index in [1.165, 1.54) is 12.1 Å². The summed E-state index contributed by atoms with van der Waals surface area (Å²) in [5.41, 5.74) is 5.08. The van der Waals surface area contributed by atoms with Crippen molar-refractivity contribution in [3.63, 3.8) is 0 Å². The van der Waals surface area contributed by atoms with Crippen molar-refractivity contribution < 1.29 is 17.5 Å². The summed E-state index contributed by atoms with van der Waals surface area (Å²) >= 11 is 0. The molecule has 6 nitrogen and oxygen atoms in total. The zero-order chi connectivity index (χ0) is 15.2. The fraction of sp³-hybridized carbons (Fsp3) is 0.500. The number of benzene rings is 1. The minimum atomic E-state index is -3.80. The van der Waals surface area contributed by atoms with Gasteiger partial charge in [0, 0.05) is 26.7 Å². The molecule has 1 aromatic rings. The number of halogens is 1. The fourth-order valence-corrected chi connectivity index (χ4v) is 2.72. The van der Waals surface area contributed by atoms with Crippen molar-refractivity contribution in [2.75, 3.05) is 46.1 Å². The van der Waals surface area contributed by atoms with Crippen LogP contribution in [0, 0.1) is 5.82 Å². The smallest absolute Gasteiger partial charge is 0.242 e. The first-order chi connectivity index (χ1) is 9.38. The van der Waals surface area contributed by atoms with E-state index >= 15 is 0 Å². The van der Waals surface area contributed by atoms with Gasteiger partial charge in [-0.2, -0.15) is 0 Å². The average molecular weight is 305 g/mol. The monoisotopic (exact) mass is 305 g/mol. The highest BCUT2D eigenvalue weighted by atomic mass is 32.2. The first kappa shape index (κ1) is 16.8. The molecule has 0 aliphatic rings. The van der Waals surface area contributed by atoms with E-state index in [9.17, 15) is 12.8 Å². The lowest BCUT2D eigenvalue weighted by Crippen LogP contribution is -2.34. The summed E-state index contributed by atoms with van der Waals surface area (Å²) in [4.78, 5) is 1.68. The minimum Gasteiger partial charge on any atom is -0.395 e. The largest absolute Gasteiger partial charge is 0.395 e. The third kappa shape index (κ3) is 4.71. The molecule has 3 N–H and O–H groups in total. The summed E-state index contributed by atoms with van der Waals surface area (Å²) in [7, 11) is -0.351. The van der Waals surface area contributed by atoms with E-state index in [1.54, 1.807) is 7.11 Å². The second kappa shape index (κ2) is 7.53. The van der Waals surface area contributed by atoms with Crippen LogP contribution in [0.1, 0.15) is 0 Å². The number of sulfonamides is 1. The molecule has 0 bridgehead atoms. The molecule has 0 aliphatic heterocycles. The Morgan fingerprint density at radius 1 is 1.40 bits per heavy atom. The second-order valence-electron chi connectivity index (χ2n) is 4.35. The first-order valence-electron chi connectivity index (χ1n) is 6.09. The zero-order valence-corrected chi connectivity index (χ0v) is 12.4. The Labute approximate surface area is 118 Å². The van der Waals surface area contributed by atoms with E-state index in [0.717, 1.165) is 6.07 Å². The van der Waals surface area contributed by atoms with Crippen molar-refractivity contribution in [3.8, 4) is 0 Å². The van der Waals surface area contributed by atoms with Crippen molar-refractivity contribution in [2.45, 2.75) is 4.90 Å². The van der Waals surface area contributed by atoms with Crippen LogP contribution in [0.5, 0.6) is 0 Å². The second-order valence-corrected chi connectivity index (χ2v) is 6.08. The molecule has 1 rings (SSSR count). The number of nitrogens with two attached hydrogens (primary N) is 1. The van der Waals surface area contributed by atoms with Crippen molar-refractivity contribution in [3.05, 3.63) is 24.0 Å². The molecule has 0 unspecified atom stereocenters. The topological polar surface area (TPSA) is 84.7 Å². The molecule has 0 amide bonds. The maximum Gasteiger partial charge on any atom is 0.242 e. The van der Waals surface area contributed by atoms with Crippen molar-refractivity contribution in [1.82, 2.24) is 9.62 Å². The van der Waals surface area contributed by atoms with Crippen LogP contribution >= 0.6 is 0 Å². The van der Waals surface area contributed by atoms with Gasteiger partial charge in [0.05, 0.1) is 12.3 Å². The lowest BCUT2D eigenvalue weighted by Gasteiger charge is -2.16. The average Bonchev–Trinajstić information content (AvgIpc) is 2.39. The first-order valence-corrected chi connectivity index (χ1v) is 7.58. The van der Waals surface area contributed by atoms with Crippen molar-refractivity contribution >= 4 is 15.7 Å². The van der Waals surface area contributed by atoms with Gasteiger partial charge in [-0.1, -0.05) is 6.07 Å². The third-order valence-corrected chi connectivity index (χ3v) is 4.28. The third-order valence-electron chi connectivity index (χ3n) is 2.77. The van der Waals surface area contributed by atoms with Crippen molar-refractivity contribution in [2.24, 2.45) is 0 Å². The van der Waals surface area contributed by atoms with E-state index in [-0.39, 0.29) is 17.1 Å². The van der Waals surface area contributed by atoms with Crippen LogP contribution in [0.15, 0.2) is 23.1 Å². The number of likely N-dealkylation sites (N-methyl/N-ethyl adjacent to an activating group) is 1. The van der Waals surface area contributed by atoms with Gasteiger partial charge >= 0.3 is 0 Å². The number of rotatable bonds is 8. The quantitative estimate of drug-likeness (QED) is 0.673. The molecule has 0 fully saturated rings. The summed E-state index contributed by atoms with van der Waals surface area (Å²) in [6.07, 6.45) is 0. The van der Waals surface area contributed by atoms with Gasteiger partial charge in [-0.05, 0) is 19.2 Å². The van der Waals surface area contributed by atoms with Gasteiger partial charge in [0.1, 0.15) is 10.7 Å². The molecule has 0 spiro atoms. The van der Waals surface area contributed by atoms with Gasteiger partial charge in [-0.15, -0.1) is 0 Å². The van der Waals surface area contributed by atoms with E-state index < -0.39 is 15.8 Å². The predicted octanol–water partition coefficient (Wildman–Crippen LogP) is 0.264. The van der Waals surface area contributed by atoms with Gasteiger partial charge in [-0.25, -0.2) is 17.5 Å². The molecule has 8 heteroatoms. The molecule has 0 aromatic heterocycles. The summed E-state index contributed by atoms with van der Waals surface area (Å²) in [6.45, 7) is 1.98. The van der Waals surface area contributed by atoms with Gasteiger partial charge < -0.3 is 15.4 Å². The number of para-hydroxylation sites is 1. The standard InChI is InChI=1S/C12H20FN3O3S/c1-16(8-9-19-2)7-6-15-20(17,18)11-5-3-4-10(13)12(11)14/h3-5,15H,6-9,14H2,1-2H3. The van der Waals surface area contributed by atoms with Crippen LogP contribution in [0.2, 0.25) is 0 Å². The maximum atomic E-state index is 13.3. The summed E-state index contributed by atoms with van der Waals surface area (Å²) < 4.78 is 44.6. The van der Waals surface area contributed by atoms with Gasteiger partial charge in [0.2, 0.25) is 10.0 Å². The number of ether oxygens (including phenoxy) is 1. The van der Waals surface area contributed by atoms with Crippen LogP contribution in [-0.2, 0) is 14.8 Å². The highest BCUT2D eigenvalue weighted by Crippen LogP contribution is 2.20. The Kier molecular flexibility index (Phi) is 6.34. The Hall–Kier alpha value is -1.22. The Bertz CT molecular complexity index is 537. The lowest BCUT2D eigenvalue weighted by atomic mass is 10.3. The van der Waals surface area contributed by atoms with Crippen LogP contribution in [0.25, 0.3) is 0 Å². The Balaban J connectivity index is 2.60. The van der Waals surface area contributed by atoms with E-state index in [2.05, 4.69) is 4.72 Å². The summed E-state index contributed by atoms with van der Waals surface area (Å²) in [5.74, 6) is -0.745. The molecule has 0 heterocycles. The molecule has 0 atom stereocenters.